The van der Waals surface area contributed by atoms with Gasteiger partial charge in [0.1, 0.15) is 5.75 Å². The van der Waals surface area contributed by atoms with Crippen molar-refractivity contribution in [2.45, 2.75) is 25.2 Å². The lowest BCUT2D eigenvalue weighted by atomic mass is 10.1. The lowest BCUT2D eigenvalue weighted by molar-refractivity contribution is -0.116. The fraction of sp³-hybridized carbons (Fsp3) is 0.240. The summed E-state index contributed by atoms with van der Waals surface area (Å²) >= 11 is 0. The summed E-state index contributed by atoms with van der Waals surface area (Å²) in [5.41, 5.74) is 3.68. The predicted molar refractivity (Wildman–Crippen MR) is 126 cm³/mol. The normalized spacial score (nSPS) is 11.4. The van der Waals surface area contributed by atoms with Gasteiger partial charge in [-0.2, -0.15) is 4.31 Å². The molecule has 0 bridgehead atoms. The first kappa shape index (κ1) is 23.5. The maximum absolute atomic E-state index is 13.4. The number of nitrogens with one attached hydrogen (secondary N) is 1. The average Bonchev–Trinajstić information content (AvgIpc) is 2.79. The number of anilines is 1. The fourth-order valence-corrected chi connectivity index (χ4v) is 4.78. The summed E-state index contributed by atoms with van der Waals surface area (Å²) in [5.74, 6) is 0.175. The summed E-state index contributed by atoms with van der Waals surface area (Å²) in [6.45, 7) is 3.78. The minimum absolute atomic E-state index is 0.116. The summed E-state index contributed by atoms with van der Waals surface area (Å²) in [7, 11) is -2.36. The van der Waals surface area contributed by atoms with E-state index < -0.39 is 10.0 Å². The molecule has 0 aliphatic heterocycles. The van der Waals surface area contributed by atoms with Gasteiger partial charge in [-0.25, -0.2) is 8.42 Å². The van der Waals surface area contributed by atoms with Crippen molar-refractivity contribution >= 4 is 21.6 Å². The molecule has 0 radical (unpaired) electrons. The Morgan fingerprint density at radius 2 is 1.66 bits per heavy atom. The first-order valence-corrected chi connectivity index (χ1v) is 11.8. The van der Waals surface area contributed by atoms with E-state index in [1.165, 1.54) is 23.5 Å². The van der Waals surface area contributed by atoms with Crippen LogP contribution in [0.1, 0.15) is 16.7 Å². The van der Waals surface area contributed by atoms with Crippen LogP contribution >= 0.6 is 0 Å². The first-order chi connectivity index (χ1) is 15.3. The highest BCUT2D eigenvalue weighted by molar-refractivity contribution is 7.89. The molecule has 0 heterocycles. The predicted octanol–water partition coefficient (Wildman–Crippen LogP) is 4.18. The zero-order valence-electron chi connectivity index (χ0n) is 18.5. The van der Waals surface area contributed by atoms with Crippen LogP contribution in [-0.4, -0.2) is 38.8 Å². The average molecular weight is 453 g/mol. The summed E-state index contributed by atoms with van der Waals surface area (Å²) in [4.78, 5) is 12.9. The van der Waals surface area contributed by atoms with E-state index >= 15 is 0 Å². The monoisotopic (exact) mass is 452 g/mol. The van der Waals surface area contributed by atoms with Gasteiger partial charge < -0.3 is 10.1 Å². The second-order valence-electron chi connectivity index (χ2n) is 7.62. The van der Waals surface area contributed by atoms with Crippen LogP contribution in [0.2, 0.25) is 0 Å². The van der Waals surface area contributed by atoms with Gasteiger partial charge in [0.05, 0.1) is 18.6 Å². The van der Waals surface area contributed by atoms with Crippen LogP contribution in [0, 0.1) is 13.8 Å². The highest BCUT2D eigenvalue weighted by atomic mass is 32.2. The molecule has 0 saturated carbocycles. The van der Waals surface area contributed by atoms with Gasteiger partial charge in [-0.1, -0.05) is 48.0 Å². The van der Waals surface area contributed by atoms with Crippen molar-refractivity contribution in [1.82, 2.24) is 4.31 Å². The molecule has 1 N–H and O–H groups in total. The number of methoxy groups -OCH3 is 1. The Kier molecular flexibility index (Phi) is 7.66. The third-order valence-electron chi connectivity index (χ3n) is 5.17. The number of aryl methyl sites for hydroxylation is 2. The Morgan fingerprint density at radius 1 is 0.969 bits per heavy atom. The van der Waals surface area contributed by atoms with Crippen molar-refractivity contribution in [3.63, 3.8) is 0 Å². The van der Waals surface area contributed by atoms with Gasteiger partial charge in [0.25, 0.3) is 0 Å². The molecule has 0 aliphatic rings. The Balaban J connectivity index is 1.82. The van der Waals surface area contributed by atoms with E-state index in [1.807, 2.05) is 62.4 Å². The van der Waals surface area contributed by atoms with E-state index in [9.17, 15) is 13.2 Å². The van der Waals surface area contributed by atoms with Gasteiger partial charge >= 0.3 is 0 Å². The SMILES string of the molecule is COc1ccc(S(=O)(=O)N(CCc2ccccc2)CC(=O)Nc2ccc(C)cc2C)cc1. The molecule has 0 saturated heterocycles. The maximum Gasteiger partial charge on any atom is 0.243 e. The lowest BCUT2D eigenvalue weighted by Gasteiger charge is -2.22. The molecule has 0 spiro atoms. The number of ether oxygens (including phenoxy) is 1. The quantitative estimate of drug-likeness (QED) is 0.528. The molecule has 3 aromatic rings. The van der Waals surface area contributed by atoms with Crippen LogP contribution in [0.4, 0.5) is 5.69 Å². The summed E-state index contributed by atoms with van der Waals surface area (Å²) in [5, 5.41) is 2.84. The molecule has 32 heavy (non-hydrogen) atoms. The van der Waals surface area contributed by atoms with E-state index in [-0.39, 0.29) is 23.9 Å². The molecule has 0 atom stereocenters. The number of hydrogen-bond donors (Lipinski definition) is 1. The van der Waals surface area contributed by atoms with E-state index in [4.69, 9.17) is 4.74 Å². The topological polar surface area (TPSA) is 75.7 Å². The first-order valence-electron chi connectivity index (χ1n) is 10.3. The van der Waals surface area contributed by atoms with Crippen molar-refractivity contribution in [2.24, 2.45) is 0 Å². The Morgan fingerprint density at radius 3 is 2.28 bits per heavy atom. The van der Waals surface area contributed by atoms with E-state index in [2.05, 4.69) is 5.32 Å². The van der Waals surface area contributed by atoms with Crippen LogP contribution in [0.15, 0.2) is 77.7 Å². The molecule has 3 aromatic carbocycles. The molecule has 168 valence electrons. The zero-order chi connectivity index (χ0) is 23.1. The number of benzene rings is 3. The molecule has 0 aromatic heterocycles. The second-order valence-corrected chi connectivity index (χ2v) is 9.55. The number of amides is 1. The van der Waals surface area contributed by atoms with Crippen molar-refractivity contribution in [3.8, 4) is 5.75 Å². The highest BCUT2D eigenvalue weighted by Crippen LogP contribution is 2.21. The molecule has 0 aliphatic carbocycles. The maximum atomic E-state index is 13.4. The van der Waals surface area contributed by atoms with E-state index in [0.717, 1.165) is 16.7 Å². The Bertz CT molecular complexity index is 1160. The number of carbonyl (C=O) groups excluding carboxylic acids is 1. The molecule has 0 unspecified atom stereocenters. The van der Waals surface area contributed by atoms with Gasteiger partial charge in [0.2, 0.25) is 15.9 Å². The molecule has 6 nitrogen and oxygen atoms in total. The largest absolute Gasteiger partial charge is 0.497 e. The lowest BCUT2D eigenvalue weighted by Crippen LogP contribution is -2.39. The van der Waals surface area contributed by atoms with Gasteiger partial charge in [-0.05, 0) is 61.7 Å². The molecule has 1 amide bonds. The minimum Gasteiger partial charge on any atom is -0.497 e. The fourth-order valence-electron chi connectivity index (χ4n) is 3.38. The van der Waals surface area contributed by atoms with Crippen molar-refractivity contribution in [1.29, 1.82) is 0 Å². The third-order valence-corrected chi connectivity index (χ3v) is 7.03. The van der Waals surface area contributed by atoms with Gasteiger partial charge in [0, 0.05) is 12.2 Å². The van der Waals surface area contributed by atoms with E-state index in [0.29, 0.717) is 17.9 Å². The summed E-state index contributed by atoms with van der Waals surface area (Å²) in [6.07, 6.45) is 0.493. The van der Waals surface area contributed by atoms with E-state index in [1.54, 1.807) is 12.1 Å². The van der Waals surface area contributed by atoms with Crippen LogP contribution in [0.25, 0.3) is 0 Å². The standard InChI is InChI=1S/C25H28N2O4S/c1-19-9-14-24(20(2)17-19)26-25(28)18-27(16-15-21-7-5-4-6-8-21)32(29,30)23-12-10-22(31-3)11-13-23/h4-14,17H,15-16,18H2,1-3H3,(H,26,28). The molecular formula is C25H28N2O4S. The molecule has 3 rings (SSSR count). The number of hydrogen-bond acceptors (Lipinski definition) is 4. The number of rotatable bonds is 9. The number of carbonyl (C=O) groups is 1. The molecule has 0 fully saturated rings. The third kappa shape index (κ3) is 5.96. The van der Waals surface area contributed by atoms with Gasteiger partial charge in [-0.3, -0.25) is 4.79 Å². The summed E-state index contributed by atoms with van der Waals surface area (Å²) < 4.78 is 33.1. The van der Waals surface area contributed by atoms with Crippen LogP contribution < -0.4 is 10.1 Å². The minimum atomic E-state index is -3.88. The van der Waals surface area contributed by atoms with Crippen LogP contribution in [0.5, 0.6) is 5.75 Å². The zero-order valence-corrected chi connectivity index (χ0v) is 19.4. The van der Waals surface area contributed by atoms with Crippen LogP contribution in [-0.2, 0) is 21.2 Å². The number of sulfonamides is 1. The Labute approximate surface area is 189 Å². The highest BCUT2D eigenvalue weighted by Gasteiger charge is 2.26. The Hall–Kier alpha value is -3.16. The van der Waals surface area contributed by atoms with Crippen molar-refractivity contribution in [2.75, 3.05) is 25.5 Å². The van der Waals surface area contributed by atoms with Crippen LogP contribution in [0.3, 0.4) is 0 Å². The number of nitrogens with zero attached hydrogens (tertiary/aromatic N) is 1. The van der Waals surface area contributed by atoms with Crippen molar-refractivity contribution in [3.05, 3.63) is 89.5 Å². The summed E-state index contributed by atoms with van der Waals surface area (Å²) in [6, 6.07) is 21.5. The molecular weight excluding hydrogens is 424 g/mol. The second kappa shape index (κ2) is 10.4. The van der Waals surface area contributed by atoms with Crippen molar-refractivity contribution < 1.29 is 17.9 Å². The van der Waals surface area contributed by atoms with Gasteiger partial charge in [0.15, 0.2) is 0 Å². The smallest absolute Gasteiger partial charge is 0.243 e. The molecule has 7 heteroatoms. The van der Waals surface area contributed by atoms with Gasteiger partial charge in [-0.15, -0.1) is 0 Å².